The average molecular weight is 214 g/mol. The third kappa shape index (κ3) is 3.49. The molecule has 0 nitrogen and oxygen atoms in total. The van der Waals surface area contributed by atoms with Gasteiger partial charge in [-0.1, -0.05) is 27.7 Å². The summed E-state index contributed by atoms with van der Waals surface area (Å²) in [5.41, 5.74) is 0. The zero-order chi connectivity index (χ0) is 10.7. The lowest BCUT2D eigenvalue weighted by molar-refractivity contribution is 0.209. The lowest BCUT2D eigenvalue weighted by Gasteiger charge is -2.35. The van der Waals surface area contributed by atoms with E-state index in [0.717, 1.165) is 23.7 Å². The summed E-state index contributed by atoms with van der Waals surface area (Å²) in [6.07, 6.45) is 5.56. The highest BCUT2D eigenvalue weighted by molar-refractivity contribution is 7.81. The lowest BCUT2D eigenvalue weighted by Crippen LogP contribution is -2.27. The van der Waals surface area contributed by atoms with Crippen LogP contribution in [-0.2, 0) is 0 Å². The van der Waals surface area contributed by atoms with Gasteiger partial charge in [0.15, 0.2) is 0 Å². The number of rotatable bonds is 3. The second-order valence-electron chi connectivity index (χ2n) is 5.72. The average Bonchev–Trinajstić information content (AvgIpc) is 2.08. The van der Waals surface area contributed by atoms with Gasteiger partial charge in [0.25, 0.3) is 0 Å². The molecule has 0 aromatic carbocycles. The molecule has 0 bridgehead atoms. The van der Waals surface area contributed by atoms with Gasteiger partial charge in [-0.05, 0) is 49.4 Å². The van der Waals surface area contributed by atoms with Crippen molar-refractivity contribution in [1.82, 2.24) is 0 Å². The van der Waals surface area contributed by atoms with Crippen LogP contribution in [0.1, 0.15) is 53.4 Å². The highest BCUT2D eigenvalue weighted by Gasteiger charge is 2.28. The van der Waals surface area contributed by atoms with Crippen molar-refractivity contribution in [3.05, 3.63) is 0 Å². The van der Waals surface area contributed by atoms with Gasteiger partial charge in [0.2, 0.25) is 0 Å². The van der Waals surface area contributed by atoms with E-state index in [0.29, 0.717) is 5.25 Å². The molecule has 0 aromatic heterocycles. The number of hydrogen-bond donors (Lipinski definition) is 1. The molecule has 0 spiro atoms. The summed E-state index contributed by atoms with van der Waals surface area (Å²) in [4.78, 5) is 0. The third-order valence-corrected chi connectivity index (χ3v) is 4.56. The van der Waals surface area contributed by atoms with Crippen molar-refractivity contribution in [1.29, 1.82) is 0 Å². The highest BCUT2D eigenvalue weighted by atomic mass is 32.1. The van der Waals surface area contributed by atoms with Crippen molar-refractivity contribution in [3.8, 4) is 0 Å². The van der Waals surface area contributed by atoms with Crippen molar-refractivity contribution in [2.45, 2.75) is 58.6 Å². The van der Waals surface area contributed by atoms with Crippen molar-refractivity contribution >= 4 is 12.6 Å². The van der Waals surface area contributed by atoms with E-state index in [1.165, 1.54) is 25.7 Å². The van der Waals surface area contributed by atoms with Crippen LogP contribution in [0, 0.1) is 23.7 Å². The second kappa shape index (κ2) is 5.44. The van der Waals surface area contributed by atoms with Gasteiger partial charge < -0.3 is 0 Å². The fourth-order valence-corrected chi connectivity index (χ4v) is 3.20. The van der Waals surface area contributed by atoms with Crippen LogP contribution in [0.25, 0.3) is 0 Å². The molecule has 1 aliphatic rings. The van der Waals surface area contributed by atoms with Gasteiger partial charge in [-0.2, -0.15) is 12.6 Å². The third-order valence-electron chi connectivity index (χ3n) is 3.84. The quantitative estimate of drug-likeness (QED) is 0.661. The SMILES string of the molecule is CC(C)CC(C)[C@@H]1CCC(C)C(S)C1. The molecule has 0 N–H and O–H groups in total. The maximum absolute atomic E-state index is 4.70. The van der Waals surface area contributed by atoms with Gasteiger partial charge in [0.05, 0.1) is 0 Å². The molecule has 1 rings (SSSR count). The Morgan fingerprint density at radius 3 is 2.36 bits per heavy atom. The monoisotopic (exact) mass is 214 g/mol. The topological polar surface area (TPSA) is 0 Å². The Bertz CT molecular complexity index is 165. The van der Waals surface area contributed by atoms with Crippen LogP contribution in [0.5, 0.6) is 0 Å². The predicted molar refractivity (Wildman–Crippen MR) is 67.9 cm³/mol. The minimum absolute atomic E-state index is 0.656. The van der Waals surface area contributed by atoms with Gasteiger partial charge in [-0.15, -0.1) is 0 Å². The first-order valence-electron chi connectivity index (χ1n) is 6.18. The fraction of sp³-hybridized carbons (Fsp3) is 1.00. The number of hydrogen-bond acceptors (Lipinski definition) is 1. The maximum atomic E-state index is 4.70. The molecule has 0 saturated heterocycles. The summed E-state index contributed by atoms with van der Waals surface area (Å²) in [5, 5.41) is 0.656. The van der Waals surface area contributed by atoms with Gasteiger partial charge in [-0.3, -0.25) is 0 Å². The molecule has 84 valence electrons. The molecule has 1 heteroatoms. The van der Waals surface area contributed by atoms with Crippen LogP contribution in [0.4, 0.5) is 0 Å². The molecule has 0 aromatic rings. The Balaban J connectivity index is 2.38. The molecule has 1 saturated carbocycles. The van der Waals surface area contributed by atoms with E-state index < -0.39 is 0 Å². The van der Waals surface area contributed by atoms with E-state index in [2.05, 4.69) is 27.7 Å². The van der Waals surface area contributed by atoms with E-state index in [1.807, 2.05) is 0 Å². The van der Waals surface area contributed by atoms with E-state index in [-0.39, 0.29) is 0 Å². The number of thiol groups is 1. The van der Waals surface area contributed by atoms with Crippen LogP contribution < -0.4 is 0 Å². The molecule has 0 aliphatic heterocycles. The molecule has 3 unspecified atom stereocenters. The summed E-state index contributed by atoms with van der Waals surface area (Å²) in [7, 11) is 0. The Kier molecular flexibility index (Phi) is 4.82. The van der Waals surface area contributed by atoms with Crippen LogP contribution in [0.2, 0.25) is 0 Å². The molecule has 0 amide bonds. The van der Waals surface area contributed by atoms with E-state index >= 15 is 0 Å². The zero-order valence-corrected chi connectivity index (χ0v) is 11.1. The molecule has 1 aliphatic carbocycles. The minimum Gasteiger partial charge on any atom is -0.176 e. The van der Waals surface area contributed by atoms with Crippen molar-refractivity contribution in [2.24, 2.45) is 23.7 Å². The molecule has 14 heavy (non-hydrogen) atoms. The van der Waals surface area contributed by atoms with Gasteiger partial charge in [0, 0.05) is 5.25 Å². The van der Waals surface area contributed by atoms with Crippen LogP contribution >= 0.6 is 12.6 Å². The first-order valence-corrected chi connectivity index (χ1v) is 6.70. The van der Waals surface area contributed by atoms with Gasteiger partial charge >= 0.3 is 0 Å². The van der Waals surface area contributed by atoms with Gasteiger partial charge in [-0.25, -0.2) is 0 Å². The van der Waals surface area contributed by atoms with E-state index in [1.54, 1.807) is 0 Å². The zero-order valence-electron chi connectivity index (χ0n) is 10.2. The Hall–Kier alpha value is 0.350. The van der Waals surface area contributed by atoms with Crippen LogP contribution in [0.15, 0.2) is 0 Å². The fourth-order valence-electron chi connectivity index (χ4n) is 2.78. The Morgan fingerprint density at radius 2 is 1.86 bits per heavy atom. The van der Waals surface area contributed by atoms with E-state index in [9.17, 15) is 0 Å². The summed E-state index contributed by atoms with van der Waals surface area (Å²) in [6.45, 7) is 9.45. The molecule has 4 atom stereocenters. The summed E-state index contributed by atoms with van der Waals surface area (Å²) >= 11 is 4.70. The second-order valence-corrected chi connectivity index (χ2v) is 6.39. The normalized spacial score (nSPS) is 36.0. The standard InChI is InChI=1S/C13H26S/c1-9(2)7-11(4)12-6-5-10(3)13(14)8-12/h9-14H,5-8H2,1-4H3/t10?,11?,12-,13?/m1/s1. The summed E-state index contributed by atoms with van der Waals surface area (Å²) < 4.78 is 0. The lowest BCUT2D eigenvalue weighted by atomic mass is 9.74. The first-order chi connectivity index (χ1) is 6.50. The largest absolute Gasteiger partial charge is 0.176 e. The minimum atomic E-state index is 0.656. The summed E-state index contributed by atoms with van der Waals surface area (Å²) in [5.74, 6) is 3.52. The molecule has 0 radical (unpaired) electrons. The molecule has 0 heterocycles. The van der Waals surface area contributed by atoms with Crippen molar-refractivity contribution in [3.63, 3.8) is 0 Å². The van der Waals surface area contributed by atoms with Gasteiger partial charge in [0.1, 0.15) is 0 Å². The molecular formula is C13H26S. The Morgan fingerprint density at radius 1 is 1.21 bits per heavy atom. The summed E-state index contributed by atoms with van der Waals surface area (Å²) in [6, 6.07) is 0. The Labute approximate surface area is 95.3 Å². The molecular weight excluding hydrogens is 188 g/mol. The van der Waals surface area contributed by atoms with E-state index in [4.69, 9.17) is 12.6 Å². The van der Waals surface area contributed by atoms with Crippen LogP contribution in [-0.4, -0.2) is 5.25 Å². The molecule has 1 fully saturated rings. The smallest absolute Gasteiger partial charge is 0.00451 e. The van der Waals surface area contributed by atoms with Crippen molar-refractivity contribution < 1.29 is 0 Å². The van der Waals surface area contributed by atoms with Crippen LogP contribution in [0.3, 0.4) is 0 Å². The maximum Gasteiger partial charge on any atom is 0.00451 e. The first kappa shape index (κ1) is 12.4. The predicted octanol–water partition coefficient (Wildman–Crippen LogP) is 4.40. The highest BCUT2D eigenvalue weighted by Crippen LogP contribution is 2.37. The van der Waals surface area contributed by atoms with Crippen molar-refractivity contribution in [2.75, 3.05) is 0 Å².